The Hall–Kier alpha value is -3.89. The van der Waals surface area contributed by atoms with E-state index in [0.29, 0.717) is 11.3 Å². The molecule has 0 aliphatic carbocycles. The molecule has 0 spiro atoms. The lowest BCUT2D eigenvalue weighted by molar-refractivity contribution is -0.119. The Morgan fingerprint density at radius 1 is 1.03 bits per heavy atom. The van der Waals surface area contributed by atoms with E-state index in [0.717, 1.165) is 12.1 Å². The average molecular weight is 409 g/mol. The largest absolute Gasteiger partial charge is 0.493 e. The van der Waals surface area contributed by atoms with Crippen molar-refractivity contribution in [3.05, 3.63) is 53.6 Å². The minimum Gasteiger partial charge on any atom is -0.493 e. The fraction of sp³-hybridized carbons (Fsp3) is 0.167. The van der Waals surface area contributed by atoms with Gasteiger partial charge in [-0.25, -0.2) is 4.79 Å². The molecule has 0 aromatic heterocycles. The van der Waals surface area contributed by atoms with E-state index in [1.807, 2.05) is 0 Å². The van der Waals surface area contributed by atoms with Gasteiger partial charge in [-0.2, -0.15) is 8.78 Å². The number of benzene rings is 2. The first-order valence-electron chi connectivity index (χ1n) is 7.99. The Morgan fingerprint density at radius 3 is 2.28 bits per heavy atom. The van der Waals surface area contributed by atoms with Crippen molar-refractivity contribution in [3.63, 3.8) is 0 Å². The summed E-state index contributed by atoms with van der Waals surface area (Å²) in [5.41, 5.74) is 11.1. The van der Waals surface area contributed by atoms with Crippen LogP contribution < -0.4 is 25.7 Å². The van der Waals surface area contributed by atoms with Gasteiger partial charge in [0.05, 0.1) is 12.7 Å². The maximum atomic E-state index is 12.3. The Morgan fingerprint density at radius 2 is 1.69 bits per heavy atom. The molecule has 0 heterocycles. The fourth-order valence-electron chi connectivity index (χ4n) is 2.06. The van der Waals surface area contributed by atoms with E-state index < -0.39 is 18.5 Å². The highest BCUT2D eigenvalue weighted by molar-refractivity contribution is 5.98. The second-order valence-corrected chi connectivity index (χ2v) is 5.38. The predicted octanol–water partition coefficient (Wildman–Crippen LogP) is 1.64. The first-order valence-corrected chi connectivity index (χ1v) is 7.99. The highest BCUT2D eigenvalue weighted by Gasteiger charge is 2.15. The van der Waals surface area contributed by atoms with Crippen molar-refractivity contribution < 1.29 is 37.4 Å². The molecule has 0 atom stereocenters. The van der Waals surface area contributed by atoms with E-state index in [1.54, 1.807) is 0 Å². The molecule has 29 heavy (non-hydrogen) atoms. The molecule has 4 N–H and O–H groups in total. The number of methoxy groups -OCH3 is 1. The maximum Gasteiger partial charge on any atom is 0.387 e. The minimum atomic E-state index is -3.04. The summed E-state index contributed by atoms with van der Waals surface area (Å²) in [7, 11) is 1.23. The van der Waals surface area contributed by atoms with E-state index in [-0.39, 0.29) is 29.5 Å². The second kappa shape index (κ2) is 9.88. The van der Waals surface area contributed by atoms with Gasteiger partial charge in [-0.15, -0.1) is 0 Å². The number of amides is 1. The van der Waals surface area contributed by atoms with Crippen LogP contribution in [0, 0.1) is 0 Å². The van der Waals surface area contributed by atoms with Gasteiger partial charge in [0.1, 0.15) is 5.75 Å². The third-order valence-corrected chi connectivity index (χ3v) is 3.37. The number of carbonyl (C=O) groups excluding carboxylic acids is 2. The molecule has 2 rings (SSSR count). The summed E-state index contributed by atoms with van der Waals surface area (Å²) in [6.45, 7) is -3.32. The van der Waals surface area contributed by atoms with Crippen molar-refractivity contribution in [3.8, 4) is 17.2 Å². The van der Waals surface area contributed by atoms with Gasteiger partial charge in [0.25, 0.3) is 5.91 Å². The first kappa shape index (κ1) is 21.4. The van der Waals surface area contributed by atoms with Gasteiger partial charge in [-0.3, -0.25) is 4.79 Å². The summed E-state index contributed by atoms with van der Waals surface area (Å²) < 4.78 is 39.0. The Balaban J connectivity index is 2.04. The molecular weight excluding hydrogens is 392 g/mol. The third kappa shape index (κ3) is 6.34. The van der Waals surface area contributed by atoms with Gasteiger partial charge < -0.3 is 30.5 Å². The normalized spacial score (nSPS) is 11.1. The van der Waals surface area contributed by atoms with Crippen LogP contribution >= 0.6 is 0 Å². The number of oxime groups is 1. The molecule has 0 aliphatic rings. The number of ether oxygens (including phenoxy) is 3. The van der Waals surface area contributed by atoms with Crippen molar-refractivity contribution in [1.82, 2.24) is 0 Å². The molecular formula is C18H17F2N3O6. The van der Waals surface area contributed by atoms with Crippen LogP contribution in [-0.2, 0) is 9.63 Å². The SMILES string of the molecule is COc1cc(C(=O)O/N=C(\N)c2ccc(OCC(N)=O)cc2)ccc1OC(F)F. The van der Waals surface area contributed by atoms with Crippen molar-refractivity contribution in [2.24, 2.45) is 16.6 Å². The highest BCUT2D eigenvalue weighted by Crippen LogP contribution is 2.29. The molecule has 9 nitrogen and oxygen atoms in total. The highest BCUT2D eigenvalue weighted by atomic mass is 19.3. The molecule has 2 aromatic carbocycles. The smallest absolute Gasteiger partial charge is 0.387 e. The van der Waals surface area contributed by atoms with Gasteiger partial charge in [0.15, 0.2) is 23.9 Å². The van der Waals surface area contributed by atoms with E-state index in [1.165, 1.54) is 37.4 Å². The standard InChI is InChI=1S/C18H17F2N3O6/c1-26-14-8-11(4-7-13(14)28-18(19)20)17(25)29-23-16(22)10-2-5-12(6-3-10)27-9-15(21)24/h2-8,18H,9H2,1H3,(H2,21,24)(H2,22,23). The Labute approximate surface area is 163 Å². The number of amidine groups is 1. The van der Waals surface area contributed by atoms with E-state index in [2.05, 4.69) is 9.89 Å². The summed E-state index contributed by atoms with van der Waals surface area (Å²) in [5.74, 6) is -1.55. The van der Waals surface area contributed by atoms with Crippen molar-refractivity contribution >= 4 is 17.7 Å². The zero-order valence-corrected chi connectivity index (χ0v) is 15.1. The number of nitrogens with two attached hydrogens (primary N) is 2. The third-order valence-electron chi connectivity index (χ3n) is 3.37. The summed E-state index contributed by atoms with van der Waals surface area (Å²) in [5, 5.41) is 3.54. The second-order valence-electron chi connectivity index (χ2n) is 5.38. The van der Waals surface area contributed by atoms with E-state index in [9.17, 15) is 18.4 Å². The molecule has 0 bridgehead atoms. The zero-order valence-electron chi connectivity index (χ0n) is 15.1. The lowest BCUT2D eigenvalue weighted by Crippen LogP contribution is -2.20. The van der Waals surface area contributed by atoms with Gasteiger partial charge in [0, 0.05) is 5.56 Å². The quantitative estimate of drug-likeness (QED) is 0.278. The van der Waals surface area contributed by atoms with Crippen LogP contribution in [0.4, 0.5) is 8.78 Å². The minimum absolute atomic E-state index is 0.0183. The fourth-order valence-corrected chi connectivity index (χ4v) is 2.06. The van der Waals surface area contributed by atoms with Crippen LogP contribution in [-0.4, -0.2) is 38.0 Å². The average Bonchev–Trinajstić information content (AvgIpc) is 2.70. The van der Waals surface area contributed by atoms with Crippen LogP contribution in [0.2, 0.25) is 0 Å². The molecule has 154 valence electrons. The number of alkyl halides is 2. The maximum absolute atomic E-state index is 12.3. The lowest BCUT2D eigenvalue weighted by atomic mass is 10.2. The molecule has 1 amide bonds. The number of primary amides is 1. The van der Waals surface area contributed by atoms with Gasteiger partial charge >= 0.3 is 12.6 Å². The molecule has 0 unspecified atom stereocenters. The van der Waals surface area contributed by atoms with Crippen molar-refractivity contribution in [1.29, 1.82) is 0 Å². The molecule has 0 aliphatic heterocycles. The monoisotopic (exact) mass is 409 g/mol. The number of halogens is 2. The summed E-state index contributed by atoms with van der Waals surface area (Å²) in [6.07, 6.45) is 0. The number of hydrogen-bond acceptors (Lipinski definition) is 7. The summed E-state index contributed by atoms with van der Waals surface area (Å²) in [6, 6.07) is 9.62. The van der Waals surface area contributed by atoms with Crippen molar-refractivity contribution in [2.45, 2.75) is 6.61 Å². The van der Waals surface area contributed by atoms with Crippen LogP contribution in [0.5, 0.6) is 17.2 Å². The number of nitrogens with zero attached hydrogens (tertiary/aromatic N) is 1. The van der Waals surface area contributed by atoms with Crippen LogP contribution in [0.25, 0.3) is 0 Å². The summed E-state index contributed by atoms with van der Waals surface area (Å²) >= 11 is 0. The molecule has 0 radical (unpaired) electrons. The Kier molecular flexibility index (Phi) is 7.29. The lowest BCUT2D eigenvalue weighted by Gasteiger charge is -2.10. The molecule has 0 fully saturated rings. The number of carbonyl (C=O) groups is 2. The topological polar surface area (TPSA) is 135 Å². The Bertz CT molecular complexity index is 903. The van der Waals surface area contributed by atoms with Gasteiger partial charge in [-0.1, -0.05) is 5.16 Å². The number of hydrogen-bond donors (Lipinski definition) is 2. The van der Waals surface area contributed by atoms with Crippen LogP contribution in [0.3, 0.4) is 0 Å². The van der Waals surface area contributed by atoms with Gasteiger partial charge in [-0.05, 0) is 42.5 Å². The number of rotatable bonds is 9. The van der Waals surface area contributed by atoms with Crippen LogP contribution in [0.15, 0.2) is 47.6 Å². The predicted molar refractivity (Wildman–Crippen MR) is 96.9 cm³/mol. The van der Waals surface area contributed by atoms with E-state index >= 15 is 0 Å². The van der Waals surface area contributed by atoms with Crippen LogP contribution in [0.1, 0.15) is 15.9 Å². The molecule has 0 saturated carbocycles. The van der Waals surface area contributed by atoms with E-state index in [4.69, 9.17) is 25.8 Å². The molecule has 0 saturated heterocycles. The molecule has 11 heteroatoms. The van der Waals surface area contributed by atoms with Gasteiger partial charge in [0.2, 0.25) is 0 Å². The van der Waals surface area contributed by atoms with Crippen molar-refractivity contribution in [2.75, 3.05) is 13.7 Å². The summed E-state index contributed by atoms with van der Waals surface area (Å²) in [4.78, 5) is 27.5. The molecule has 2 aromatic rings. The first-order chi connectivity index (χ1) is 13.8. The zero-order chi connectivity index (χ0) is 21.4.